The molecule has 9 nitrogen and oxygen atoms in total. The lowest BCUT2D eigenvalue weighted by Crippen LogP contribution is -2.46. The number of carbonyl (C=O) groups is 3. The molecular weight excluding hydrogens is 419 g/mol. The molecule has 3 aliphatic heterocycles. The van der Waals surface area contributed by atoms with Crippen LogP contribution in [0.4, 0.5) is 15.8 Å². The van der Waals surface area contributed by atoms with Crippen molar-refractivity contribution in [3.63, 3.8) is 0 Å². The Balaban J connectivity index is 1.59. The van der Waals surface area contributed by atoms with Crippen molar-refractivity contribution in [1.82, 2.24) is 5.01 Å². The smallest absolute Gasteiger partial charge is 0.270 e. The Labute approximate surface area is 180 Å². The third kappa shape index (κ3) is 2.76. The van der Waals surface area contributed by atoms with Crippen molar-refractivity contribution in [2.75, 3.05) is 4.90 Å². The number of allylic oxidation sites excluding steroid dienone is 1. The first kappa shape index (κ1) is 19.7. The molecule has 0 aliphatic carbocycles. The van der Waals surface area contributed by atoms with Crippen LogP contribution in [0, 0.1) is 27.8 Å². The molecule has 2 amide bonds. The number of nitro benzene ring substituents is 1. The summed E-state index contributed by atoms with van der Waals surface area (Å²) in [7, 11) is 0. The van der Waals surface area contributed by atoms with Crippen LogP contribution in [-0.4, -0.2) is 45.8 Å². The molecule has 160 valence electrons. The highest BCUT2D eigenvalue weighted by Gasteiger charge is 2.64. The summed E-state index contributed by atoms with van der Waals surface area (Å²) < 4.78 is 14.4. The average Bonchev–Trinajstić information content (AvgIpc) is 3.27. The van der Waals surface area contributed by atoms with Crippen LogP contribution in [0.1, 0.15) is 10.4 Å². The number of ketones is 1. The number of amides is 2. The minimum atomic E-state index is -1.17. The minimum Gasteiger partial charge on any atom is -0.292 e. The molecule has 0 bridgehead atoms. The number of benzene rings is 2. The summed E-state index contributed by atoms with van der Waals surface area (Å²) in [5.74, 6) is -4.68. The third-order valence-corrected chi connectivity index (χ3v) is 5.99. The van der Waals surface area contributed by atoms with Crippen LogP contribution >= 0.6 is 0 Å². The summed E-state index contributed by atoms with van der Waals surface area (Å²) in [6.45, 7) is 0. The number of para-hydroxylation sites is 1. The van der Waals surface area contributed by atoms with Gasteiger partial charge in [0.25, 0.3) is 5.69 Å². The first-order valence-electron chi connectivity index (χ1n) is 9.80. The Kier molecular flexibility index (Phi) is 4.43. The van der Waals surface area contributed by atoms with E-state index < -0.39 is 52.3 Å². The zero-order valence-corrected chi connectivity index (χ0v) is 16.4. The van der Waals surface area contributed by atoms with Gasteiger partial charge in [-0.25, -0.2) is 9.29 Å². The average molecular weight is 434 g/mol. The second-order valence-corrected chi connectivity index (χ2v) is 7.65. The highest BCUT2D eigenvalue weighted by molar-refractivity contribution is 6.24. The van der Waals surface area contributed by atoms with Gasteiger partial charge >= 0.3 is 0 Å². The first-order valence-corrected chi connectivity index (χ1v) is 9.80. The van der Waals surface area contributed by atoms with Crippen LogP contribution in [0.5, 0.6) is 0 Å². The van der Waals surface area contributed by atoms with E-state index in [0.29, 0.717) is 0 Å². The molecule has 0 spiro atoms. The minimum absolute atomic E-state index is 0.0259. The number of nitro groups is 1. The van der Waals surface area contributed by atoms with Gasteiger partial charge in [-0.2, -0.15) is 5.10 Å². The fourth-order valence-corrected chi connectivity index (χ4v) is 4.65. The molecule has 4 atom stereocenters. The summed E-state index contributed by atoms with van der Waals surface area (Å²) in [5, 5.41) is 16.8. The number of non-ortho nitro benzene ring substituents is 1. The molecule has 2 fully saturated rings. The van der Waals surface area contributed by atoms with Gasteiger partial charge in [0.15, 0.2) is 5.78 Å². The van der Waals surface area contributed by atoms with Crippen molar-refractivity contribution in [2.45, 2.75) is 12.1 Å². The van der Waals surface area contributed by atoms with Gasteiger partial charge in [-0.1, -0.05) is 30.3 Å². The summed E-state index contributed by atoms with van der Waals surface area (Å²) in [6, 6.07) is 8.76. The maximum absolute atomic E-state index is 14.4. The number of rotatable bonds is 4. The van der Waals surface area contributed by atoms with Gasteiger partial charge in [0, 0.05) is 23.9 Å². The summed E-state index contributed by atoms with van der Waals surface area (Å²) in [5.41, 5.74) is -0.419. The molecule has 0 aromatic heterocycles. The Morgan fingerprint density at radius 1 is 1.06 bits per heavy atom. The van der Waals surface area contributed by atoms with Crippen molar-refractivity contribution in [3.05, 3.63) is 82.2 Å². The lowest BCUT2D eigenvalue weighted by molar-refractivity contribution is -0.384. The van der Waals surface area contributed by atoms with E-state index in [1.165, 1.54) is 47.6 Å². The van der Waals surface area contributed by atoms with Crippen molar-refractivity contribution < 1.29 is 23.7 Å². The van der Waals surface area contributed by atoms with Gasteiger partial charge in [-0.3, -0.25) is 29.5 Å². The van der Waals surface area contributed by atoms with Gasteiger partial charge in [-0.15, -0.1) is 0 Å². The van der Waals surface area contributed by atoms with Crippen LogP contribution in [0.3, 0.4) is 0 Å². The quantitative estimate of drug-likeness (QED) is 0.316. The number of fused-ring (bicyclic) bond motifs is 3. The number of hydrogen-bond donors (Lipinski definition) is 0. The van der Waals surface area contributed by atoms with E-state index in [0.717, 1.165) is 17.0 Å². The molecule has 2 saturated heterocycles. The van der Waals surface area contributed by atoms with E-state index in [2.05, 4.69) is 5.10 Å². The maximum atomic E-state index is 14.4. The van der Waals surface area contributed by atoms with Crippen LogP contribution in [0.25, 0.3) is 0 Å². The highest BCUT2D eigenvalue weighted by atomic mass is 19.1. The molecule has 0 unspecified atom stereocenters. The molecular formula is C22H15FN4O5. The molecule has 0 radical (unpaired) electrons. The van der Waals surface area contributed by atoms with Crippen molar-refractivity contribution in [2.24, 2.45) is 16.9 Å². The van der Waals surface area contributed by atoms with E-state index in [4.69, 9.17) is 0 Å². The topological polar surface area (TPSA) is 113 Å². The first-order chi connectivity index (χ1) is 15.4. The second kappa shape index (κ2) is 7.19. The van der Waals surface area contributed by atoms with Gasteiger partial charge in [0.1, 0.15) is 11.9 Å². The molecule has 0 N–H and O–H groups in total. The summed E-state index contributed by atoms with van der Waals surface area (Å²) >= 11 is 0. The number of carbonyl (C=O) groups excluding carboxylic acids is 3. The molecule has 5 rings (SSSR count). The largest absolute Gasteiger partial charge is 0.292 e. The Hall–Kier alpha value is -4.21. The predicted octanol–water partition coefficient (Wildman–Crippen LogP) is 2.33. The third-order valence-electron chi connectivity index (χ3n) is 5.99. The number of hydrogen-bond acceptors (Lipinski definition) is 7. The lowest BCUT2D eigenvalue weighted by atomic mass is 9.86. The number of halogens is 1. The number of Topliss-reactive ketones (excluding diaryl/α,β-unsaturated/α-hetero) is 1. The van der Waals surface area contributed by atoms with Gasteiger partial charge in [0.05, 0.1) is 28.5 Å². The van der Waals surface area contributed by atoms with E-state index in [1.807, 2.05) is 0 Å². The van der Waals surface area contributed by atoms with Gasteiger partial charge in [-0.05, 0) is 18.2 Å². The standard InChI is InChI=1S/C22H15FN4O5/c23-14-7-1-2-8-15(14)25-21(29)17-16-9-4-10-24-26(16)19(18(17)22(25)30)20(28)12-5-3-6-13(11-12)27(31)32/h1-11,16-19H/t16-,17-,18-,19+/m1/s1. The molecule has 2 aromatic carbocycles. The van der Waals surface area contributed by atoms with Crippen LogP contribution in [0.2, 0.25) is 0 Å². The Morgan fingerprint density at radius 3 is 2.56 bits per heavy atom. The van der Waals surface area contributed by atoms with Gasteiger partial charge in [0.2, 0.25) is 11.8 Å². The lowest BCUT2D eigenvalue weighted by Gasteiger charge is -2.30. The Morgan fingerprint density at radius 2 is 1.81 bits per heavy atom. The molecule has 3 heterocycles. The van der Waals surface area contributed by atoms with E-state index in [9.17, 15) is 28.9 Å². The Bertz CT molecular complexity index is 1240. The fraction of sp³-hybridized carbons (Fsp3) is 0.182. The van der Waals surface area contributed by atoms with Crippen LogP contribution in [0.15, 0.2) is 65.8 Å². The van der Waals surface area contributed by atoms with E-state index in [1.54, 1.807) is 12.2 Å². The number of imide groups is 1. The normalized spacial score (nSPS) is 25.8. The maximum Gasteiger partial charge on any atom is 0.270 e. The zero-order chi connectivity index (χ0) is 22.6. The van der Waals surface area contributed by atoms with E-state index >= 15 is 0 Å². The molecule has 3 aliphatic rings. The van der Waals surface area contributed by atoms with Crippen molar-refractivity contribution in [3.8, 4) is 0 Å². The molecule has 0 saturated carbocycles. The predicted molar refractivity (Wildman–Crippen MR) is 110 cm³/mol. The zero-order valence-electron chi connectivity index (χ0n) is 16.4. The summed E-state index contributed by atoms with van der Waals surface area (Å²) in [6.07, 6.45) is 4.72. The molecule has 32 heavy (non-hydrogen) atoms. The number of nitrogens with zero attached hydrogens (tertiary/aromatic N) is 4. The summed E-state index contributed by atoms with van der Waals surface area (Å²) in [4.78, 5) is 51.4. The number of hydrazone groups is 1. The van der Waals surface area contributed by atoms with E-state index in [-0.39, 0.29) is 16.9 Å². The fourth-order valence-electron chi connectivity index (χ4n) is 4.65. The SMILES string of the molecule is O=C(c1cccc([N+](=O)[O-])c1)[C@@H]1[C@@H]2C(=O)N(c3ccccc3F)C(=O)[C@@H]2[C@H]2C=CC=NN21. The van der Waals surface area contributed by atoms with Crippen molar-refractivity contribution >= 4 is 35.2 Å². The monoisotopic (exact) mass is 434 g/mol. The second-order valence-electron chi connectivity index (χ2n) is 7.65. The van der Waals surface area contributed by atoms with Crippen LogP contribution < -0.4 is 4.90 Å². The number of anilines is 1. The molecule has 10 heteroatoms. The molecule has 2 aromatic rings. The van der Waals surface area contributed by atoms with Gasteiger partial charge < -0.3 is 0 Å². The van der Waals surface area contributed by atoms with Crippen LogP contribution in [-0.2, 0) is 9.59 Å². The van der Waals surface area contributed by atoms with Crippen molar-refractivity contribution in [1.29, 1.82) is 0 Å². The highest BCUT2D eigenvalue weighted by Crippen LogP contribution is 2.46.